The molecule has 4 aromatic heterocycles. The van der Waals surface area contributed by atoms with Crippen molar-refractivity contribution in [2.75, 3.05) is 0 Å². The van der Waals surface area contributed by atoms with Crippen molar-refractivity contribution in [2.24, 2.45) is 0 Å². The van der Waals surface area contributed by atoms with E-state index in [0.29, 0.717) is 28.3 Å². The maximum Gasteiger partial charge on any atom is 0.267 e. The lowest BCUT2D eigenvalue weighted by atomic mass is 10.1. The summed E-state index contributed by atoms with van der Waals surface area (Å²) in [5, 5.41) is 9.27. The fourth-order valence-corrected chi connectivity index (χ4v) is 4.94. The molecule has 0 amide bonds. The summed E-state index contributed by atoms with van der Waals surface area (Å²) < 4.78 is 5.64. The summed E-state index contributed by atoms with van der Waals surface area (Å²) in [6, 6.07) is 9.49. The number of nitrogens with zero attached hydrogens (tertiary/aromatic N) is 8. The maximum atomic E-state index is 13.6. The van der Waals surface area contributed by atoms with Crippen molar-refractivity contribution in [1.29, 1.82) is 0 Å². The summed E-state index contributed by atoms with van der Waals surface area (Å²) in [7, 11) is 0. The Morgan fingerprint density at radius 2 is 1.94 bits per heavy atom. The van der Waals surface area contributed by atoms with Gasteiger partial charge in [-0.3, -0.25) is 9.36 Å². The van der Waals surface area contributed by atoms with Crippen molar-refractivity contribution in [2.45, 2.75) is 51.5 Å². The van der Waals surface area contributed by atoms with Gasteiger partial charge in [-0.25, -0.2) is 15.0 Å². The van der Waals surface area contributed by atoms with E-state index in [0.717, 1.165) is 54.4 Å². The van der Waals surface area contributed by atoms with Crippen LogP contribution in [-0.4, -0.2) is 38.9 Å². The molecule has 0 N–H and O–H groups in total. The normalized spacial score (nSPS) is 15.5. The van der Waals surface area contributed by atoms with E-state index in [1.165, 1.54) is 17.4 Å². The Hall–Kier alpha value is -4.14. The van der Waals surface area contributed by atoms with Crippen LogP contribution in [0, 0.1) is 6.92 Å². The van der Waals surface area contributed by atoms with Gasteiger partial charge in [-0.05, 0) is 62.4 Å². The molecular formula is C26H24N8O. The Kier molecular flexibility index (Phi) is 4.45. The number of rotatable bonds is 4. The maximum absolute atomic E-state index is 13.6. The summed E-state index contributed by atoms with van der Waals surface area (Å²) in [4.78, 5) is 27.5. The van der Waals surface area contributed by atoms with Gasteiger partial charge >= 0.3 is 0 Å². The van der Waals surface area contributed by atoms with Gasteiger partial charge in [0.2, 0.25) is 0 Å². The van der Waals surface area contributed by atoms with E-state index in [1.54, 1.807) is 6.33 Å². The van der Waals surface area contributed by atoms with Crippen LogP contribution in [0.5, 0.6) is 0 Å². The van der Waals surface area contributed by atoms with E-state index in [1.807, 2.05) is 48.1 Å². The summed E-state index contributed by atoms with van der Waals surface area (Å²) >= 11 is 0. The van der Waals surface area contributed by atoms with Gasteiger partial charge < -0.3 is 9.13 Å². The molecule has 1 aliphatic carbocycles. The van der Waals surface area contributed by atoms with Crippen LogP contribution in [0.25, 0.3) is 33.9 Å². The molecular weight excluding hydrogens is 440 g/mol. The fourth-order valence-electron chi connectivity index (χ4n) is 4.94. The standard InChI is InChI=1S/C26H24N8O/c1-16-11-20-18(12-22(16)32-13-21(27-14-32)17-8-9-17)26(35)34(15-28-20)23-7-4-5-19(29-23)25-31-30-24-6-2-3-10-33(24)25/h4-5,7,11-15,17H,2-3,6,8-10H2,1H3. The Balaban J connectivity index is 1.32. The number of pyridine rings is 1. The minimum absolute atomic E-state index is 0.160. The highest BCUT2D eigenvalue weighted by molar-refractivity contribution is 5.81. The highest BCUT2D eigenvalue weighted by atomic mass is 16.1. The zero-order valence-corrected chi connectivity index (χ0v) is 19.4. The molecule has 7 rings (SSSR count). The Morgan fingerprint density at radius 3 is 2.83 bits per heavy atom. The molecule has 1 saturated carbocycles. The van der Waals surface area contributed by atoms with Crippen LogP contribution in [0.1, 0.15) is 48.7 Å². The highest BCUT2D eigenvalue weighted by Crippen LogP contribution is 2.39. The summed E-state index contributed by atoms with van der Waals surface area (Å²) in [5.74, 6) is 2.82. The Labute approximate surface area is 201 Å². The third-order valence-electron chi connectivity index (χ3n) is 7.02. The highest BCUT2D eigenvalue weighted by Gasteiger charge is 2.26. The number of imidazole rings is 1. The monoisotopic (exact) mass is 464 g/mol. The van der Waals surface area contributed by atoms with Gasteiger partial charge in [-0.1, -0.05) is 6.07 Å². The van der Waals surface area contributed by atoms with Crippen molar-refractivity contribution in [3.8, 4) is 23.0 Å². The average molecular weight is 465 g/mol. The lowest BCUT2D eigenvalue weighted by molar-refractivity contribution is 0.525. The number of fused-ring (bicyclic) bond motifs is 2. The van der Waals surface area contributed by atoms with Crippen molar-refractivity contribution in [3.05, 3.63) is 76.6 Å². The second kappa shape index (κ2) is 7.69. The van der Waals surface area contributed by atoms with Gasteiger partial charge in [0.15, 0.2) is 5.82 Å². The molecule has 0 atom stereocenters. The lowest BCUT2D eigenvalue weighted by Crippen LogP contribution is -2.20. The van der Waals surface area contributed by atoms with Gasteiger partial charge in [0.1, 0.15) is 23.7 Å². The van der Waals surface area contributed by atoms with Gasteiger partial charge in [-0.15, -0.1) is 10.2 Å². The first-order valence-corrected chi connectivity index (χ1v) is 12.1. The first-order valence-electron chi connectivity index (χ1n) is 12.1. The van der Waals surface area contributed by atoms with E-state index in [-0.39, 0.29) is 5.56 Å². The third-order valence-corrected chi connectivity index (χ3v) is 7.02. The largest absolute Gasteiger partial charge is 0.310 e. The summed E-state index contributed by atoms with van der Waals surface area (Å²) in [6.07, 6.45) is 11.0. The second-order valence-corrected chi connectivity index (χ2v) is 9.49. The smallest absolute Gasteiger partial charge is 0.267 e. The molecule has 1 aliphatic heterocycles. The Bertz CT molecular complexity index is 1660. The second-order valence-electron chi connectivity index (χ2n) is 9.49. The Morgan fingerprint density at radius 1 is 1.03 bits per heavy atom. The molecule has 1 fully saturated rings. The van der Waals surface area contributed by atoms with Gasteiger partial charge in [0.25, 0.3) is 5.56 Å². The van der Waals surface area contributed by atoms with Crippen molar-refractivity contribution in [3.63, 3.8) is 0 Å². The summed E-state index contributed by atoms with van der Waals surface area (Å²) in [5.41, 5.74) is 4.30. The van der Waals surface area contributed by atoms with Crippen molar-refractivity contribution >= 4 is 10.9 Å². The molecule has 0 bridgehead atoms. The van der Waals surface area contributed by atoms with E-state index >= 15 is 0 Å². The molecule has 0 unspecified atom stereocenters. The number of benzene rings is 1. The number of hydrogen-bond acceptors (Lipinski definition) is 6. The van der Waals surface area contributed by atoms with Crippen LogP contribution in [-0.2, 0) is 13.0 Å². The fraction of sp³-hybridized carbons (Fsp3) is 0.308. The molecule has 5 heterocycles. The summed E-state index contributed by atoms with van der Waals surface area (Å²) in [6.45, 7) is 2.92. The predicted molar refractivity (Wildman–Crippen MR) is 131 cm³/mol. The quantitative estimate of drug-likeness (QED) is 0.402. The van der Waals surface area contributed by atoms with Crippen LogP contribution < -0.4 is 5.56 Å². The third kappa shape index (κ3) is 3.38. The minimum atomic E-state index is -0.160. The molecule has 1 aromatic carbocycles. The molecule has 35 heavy (non-hydrogen) atoms. The zero-order chi connectivity index (χ0) is 23.5. The van der Waals surface area contributed by atoms with E-state index in [2.05, 4.69) is 30.9 Å². The van der Waals surface area contributed by atoms with Crippen LogP contribution in [0.15, 0.2) is 54.0 Å². The van der Waals surface area contributed by atoms with Crippen LogP contribution in [0.2, 0.25) is 0 Å². The molecule has 9 nitrogen and oxygen atoms in total. The zero-order valence-electron chi connectivity index (χ0n) is 19.4. The first kappa shape index (κ1) is 20.3. The van der Waals surface area contributed by atoms with E-state index < -0.39 is 0 Å². The molecule has 0 radical (unpaired) electrons. The van der Waals surface area contributed by atoms with E-state index in [4.69, 9.17) is 4.98 Å². The SMILES string of the molecule is Cc1cc2ncn(-c3cccc(-c4nnc5n4CCCC5)n3)c(=O)c2cc1-n1cnc(C2CC2)c1. The molecule has 9 heteroatoms. The molecule has 0 saturated heterocycles. The van der Waals surface area contributed by atoms with Crippen LogP contribution in [0.4, 0.5) is 0 Å². The number of hydrogen-bond donors (Lipinski definition) is 0. The van der Waals surface area contributed by atoms with Gasteiger partial charge in [-0.2, -0.15) is 0 Å². The van der Waals surface area contributed by atoms with Gasteiger partial charge in [0.05, 0.1) is 28.6 Å². The minimum Gasteiger partial charge on any atom is -0.310 e. The number of aryl methyl sites for hydroxylation is 2. The molecule has 174 valence electrons. The van der Waals surface area contributed by atoms with Crippen molar-refractivity contribution < 1.29 is 0 Å². The average Bonchev–Trinajstić information content (AvgIpc) is 3.45. The first-order chi connectivity index (χ1) is 17.2. The van der Waals surface area contributed by atoms with Crippen LogP contribution in [0.3, 0.4) is 0 Å². The molecule has 5 aromatic rings. The lowest BCUT2D eigenvalue weighted by Gasteiger charge is -2.15. The topological polar surface area (TPSA) is 96.3 Å². The van der Waals surface area contributed by atoms with Crippen LogP contribution >= 0.6 is 0 Å². The van der Waals surface area contributed by atoms with E-state index in [9.17, 15) is 4.79 Å². The number of aromatic nitrogens is 8. The predicted octanol–water partition coefficient (Wildman–Crippen LogP) is 3.75. The molecule has 0 spiro atoms. The molecule has 2 aliphatic rings. The van der Waals surface area contributed by atoms with Crippen molar-refractivity contribution in [1.82, 2.24) is 38.9 Å². The van der Waals surface area contributed by atoms with Gasteiger partial charge in [0, 0.05) is 25.1 Å².